The van der Waals surface area contributed by atoms with Crippen molar-refractivity contribution >= 4 is 0 Å². The summed E-state index contributed by atoms with van der Waals surface area (Å²) in [7, 11) is 1.66. The molecule has 0 saturated heterocycles. The van der Waals surface area contributed by atoms with Crippen LogP contribution >= 0.6 is 0 Å². The van der Waals surface area contributed by atoms with Gasteiger partial charge in [-0.1, -0.05) is 64.0 Å². The molecule has 0 bridgehead atoms. The Balaban J connectivity index is 2.29. The number of rotatable bonds is 10. The molecule has 1 rings (SSSR count). The second-order valence-corrected chi connectivity index (χ2v) is 5.87. The lowest BCUT2D eigenvalue weighted by molar-refractivity contribution is 0.0448. The zero-order valence-electron chi connectivity index (χ0n) is 13.3. The van der Waals surface area contributed by atoms with Gasteiger partial charge in [-0.05, 0) is 31.0 Å². The van der Waals surface area contributed by atoms with Crippen LogP contribution in [0.5, 0.6) is 5.75 Å². The first-order valence-electron chi connectivity index (χ1n) is 7.97. The van der Waals surface area contributed by atoms with Crippen LogP contribution in [0.4, 0.5) is 0 Å². The lowest BCUT2D eigenvalue weighted by Crippen LogP contribution is -2.20. The molecule has 0 saturated carbocycles. The first-order valence-corrected chi connectivity index (χ1v) is 7.97. The maximum atomic E-state index is 10.5. The number of methoxy groups -OCH3 is 1. The standard InChI is InChI=1S/C18H30O2/c1-4-5-6-7-8-9-10-15-18(2,19)16-11-13-17(20-3)14-12-16/h11-14,19H,4-10,15H2,1-3H3. The minimum absolute atomic E-state index is 0.726. The number of ether oxygens (including phenoxy) is 1. The van der Waals surface area contributed by atoms with E-state index in [9.17, 15) is 5.11 Å². The van der Waals surface area contributed by atoms with Crippen LogP contribution in [0, 0.1) is 0 Å². The Bertz CT molecular complexity index is 354. The first kappa shape index (κ1) is 17.0. The third-order valence-corrected chi connectivity index (χ3v) is 3.98. The van der Waals surface area contributed by atoms with Crippen LogP contribution in [0.2, 0.25) is 0 Å². The Morgan fingerprint density at radius 2 is 1.50 bits per heavy atom. The molecule has 1 aromatic carbocycles. The maximum Gasteiger partial charge on any atom is 0.118 e. The minimum Gasteiger partial charge on any atom is -0.497 e. The molecule has 0 spiro atoms. The van der Waals surface area contributed by atoms with Gasteiger partial charge in [0, 0.05) is 0 Å². The normalized spacial score (nSPS) is 14.0. The van der Waals surface area contributed by atoms with E-state index in [1.54, 1.807) is 7.11 Å². The monoisotopic (exact) mass is 278 g/mol. The van der Waals surface area contributed by atoms with Gasteiger partial charge in [0.25, 0.3) is 0 Å². The molecule has 2 heteroatoms. The summed E-state index contributed by atoms with van der Waals surface area (Å²) in [4.78, 5) is 0. The molecule has 0 aromatic heterocycles. The fourth-order valence-corrected chi connectivity index (χ4v) is 2.52. The van der Waals surface area contributed by atoms with Gasteiger partial charge in [0.1, 0.15) is 5.75 Å². The van der Waals surface area contributed by atoms with Crippen LogP contribution in [0.1, 0.15) is 70.8 Å². The molecule has 0 aliphatic carbocycles. The average molecular weight is 278 g/mol. The van der Waals surface area contributed by atoms with E-state index in [4.69, 9.17) is 4.74 Å². The Kier molecular flexibility index (Phi) is 7.68. The van der Waals surface area contributed by atoms with Crippen LogP contribution in [0.3, 0.4) is 0 Å². The van der Waals surface area contributed by atoms with Gasteiger partial charge in [-0.15, -0.1) is 0 Å². The molecule has 0 aliphatic heterocycles. The maximum absolute atomic E-state index is 10.5. The van der Waals surface area contributed by atoms with Gasteiger partial charge in [-0.3, -0.25) is 0 Å². The van der Waals surface area contributed by atoms with Gasteiger partial charge >= 0.3 is 0 Å². The summed E-state index contributed by atoms with van der Waals surface area (Å²) in [5.41, 5.74) is 0.250. The van der Waals surface area contributed by atoms with Crippen molar-refractivity contribution in [2.75, 3.05) is 7.11 Å². The molecule has 2 nitrogen and oxygen atoms in total. The zero-order valence-corrected chi connectivity index (χ0v) is 13.3. The molecule has 1 atom stereocenters. The number of benzene rings is 1. The summed E-state index contributed by atoms with van der Waals surface area (Å²) in [5, 5.41) is 10.5. The van der Waals surface area contributed by atoms with Gasteiger partial charge in [-0.25, -0.2) is 0 Å². The van der Waals surface area contributed by atoms with Crippen molar-refractivity contribution in [3.63, 3.8) is 0 Å². The number of hydrogen-bond acceptors (Lipinski definition) is 2. The molecular formula is C18H30O2. The van der Waals surface area contributed by atoms with E-state index >= 15 is 0 Å². The molecule has 0 radical (unpaired) electrons. The largest absolute Gasteiger partial charge is 0.497 e. The van der Waals surface area contributed by atoms with E-state index in [2.05, 4.69) is 6.92 Å². The lowest BCUT2D eigenvalue weighted by atomic mass is 9.90. The molecule has 0 fully saturated rings. The second-order valence-electron chi connectivity index (χ2n) is 5.87. The molecule has 1 unspecified atom stereocenters. The van der Waals surface area contributed by atoms with Crippen LogP contribution in [-0.4, -0.2) is 12.2 Å². The van der Waals surface area contributed by atoms with Crippen molar-refractivity contribution in [2.24, 2.45) is 0 Å². The fraction of sp³-hybridized carbons (Fsp3) is 0.667. The summed E-state index contributed by atoms with van der Waals surface area (Å²) >= 11 is 0. The highest BCUT2D eigenvalue weighted by atomic mass is 16.5. The number of unbranched alkanes of at least 4 members (excludes halogenated alkanes) is 6. The van der Waals surface area contributed by atoms with Crippen LogP contribution in [-0.2, 0) is 5.60 Å². The van der Waals surface area contributed by atoms with Crippen molar-refractivity contribution < 1.29 is 9.84 Å². The Hall–Kier alpha value is -1.02. The average Bonchev–Trinajstić information content (AvgIpc) is 2.46. The molecular weight excluding hydrogens is 248 g/mol. The molecule has 1 aromatic rings. The zero-order chi connectivity index (χ0) is 14.8. The SMILES string of the molecule is CCCCCCCCCC(C)(O)c1ccc(OC)cc1. The van der Waals surface area contributed by atoms with E-state index in [-0.39, 0.29) is 0 Å². The molecule has 20 heavy (non-hydrogen) atoms. The molecule has 0 heterocycles. The molecule has 0 aliphatic rings. The third kappa shape index (κ3) is 5.96. The molecule has 1 N–H and O–H groups in total. The van der Waals surface area contributed by atoms with E-state index < -0.39 is 5.60 Å². The highest BCUT2D eigenvalue weighted by molar-refractivity contribution is 5.30. The Morgan fingerprint density at radius 3 is 2.05 bits per heavy atom. The van der Waals surface area contributed by atoms with Crippen LogP contribution in [0.25, 0.3) is 0 Å². The van der Waals surface area contributed by atoms with Gasteiger partial charge in [0.15, 0.2) is 0 Å². The third-order valence-electron chi connectivity index (χ3n) is 3.98. The highest BCUT2D eigenvalue weighted by Gasteiger charge is 2.22. The van der Waals surface area contributed by atoms with Gasteiger partial charge < -0.3 is 9.84 Å². The van der Waals surface area contributed by atoms with Crippen molar-refractivity contribution in [1.82, 2.24) is 0 Å². The van der Waals surface area contributed by atoms with E-state index in [0.717, 1.165) is 24.2 Å². The second kappa shape index (κ2) is 9.02. The highest BCUT2D eigenvalue weighted by Crippen LogP contribution is 2.28. The minimum atomic E-state index is -0.726. The Morgan fingerprint density at radius 1 is 0.950 bits per heavy atom. The fourth-order valence-electron chi connectivity index (χ4n) is 2.52. The van der Waals surface area contributed by atoms with Crippen molar-refractivity contribution in [2.45, 2.75) is 70.8 Å². The predicted octanol–water partition coefficient (Wildman–Crippen LogP) is 5.04. The number of aliphatic hydroxyl groups is 1. The summed E-state index contributed by atoms with van der Waals surface area (Å²) in [5.74, 6) is 0.834. The summed E-state index contributed by atoms with van der Waals surface area (Å²) < 4.78 is 5.15. The lowest BCUT2D eigenvalue weighted by Gasteiger charge is -2.24. The van der Waals surface area contributed by atoms with Crippen LogP contribution < -0.4 is 4.74 Å². The topological polar surface area (TPSA) is 29.5 Å². The smallest absolute Gasteiger partial charge is 0.118 e. The molecule has 0 amide bonds. The van der Waals surface area contributed by atoms with E-state index in [1.165, 1.54) is 38.5 Å². The van der Waals surface area contributed by atoms with Crippen molar-refractivity contribution in [3.8, 4) is 5.75 Å². The summed E-state index contributed by atoms with van der Waals surface area (Å²) in [6.07, 6.45) is 9.76. The summed E-state index contributed by atoms with van der Waals surface area (Å²) in [6, 6.07) is 7.74. The van der Waals surface area contributed by atoms with Crippen molar-refractivity contribution in [1.29, 1.82) is 0 Å². The first-order chi connectivity index (χ1) is 9.60. The predicted molar refractivity (Wildman–Crippen MR) is 85.2 cm³/mol. The molecule has 114 valence electrons. The van der Waals surface area contributed by atoms with E-state index in [1.807, 2.05) is 31.2 Å². The summed E-state index contributed by atoms with van der Waals surface area (Å²) in [6.45, 7) is 4.15. The van der Waals surface area contributed by atoms with Crippen LogP contribution in [0.15, 0.2) is 24.3 Å². The Labute approximate surface area is 124 Å². The number of hydrogen-bond donors (Lipinski definition) is 1. The quantitative estimate of drug-likeness (QED) is 0.607. The van der Waals surface area contributed by atoms with E-state index in [0.29, 0.717) is 0 Å². The van der Waals surface area contributed by atoms with Crippen molar-refractivity contribution in [3.05, 3.63) is 29.8 Å². The van der Waals surface area contributed by atoms with Gasteiger partial charge in [0.2, 0.25) is 0 Å². The van der Waals surface area contributed by atoms with Gasteiger partial charge in [-0.2, -0.15) is 0 Å². The van der Waals surface area contributed by atoms with Gasteiger partial charge in [0.05, 0.1) is 12.7 Å².